The second-order valence-corrected chi connectivity index (χ2v) is 5.37. The Bertz CT molecular complexity index is 517. The van der Waals surface area contributed by atoms with E-state index in [0.717, 1.165) is 17.5 Å². The molecule has 1 atom stereocenters. The van der Waals surface area contributed by atoms with Crippen LogP contribution in [-0.4, -0.2) is 25.2 Å². The van der Waals surface area contributed by atoms with E-state index in [1.165, 1.54) is 0 Å². The molecule has 0 spiro atoms. The van der Waals surface area contributed by atoms with Gasteiger partial charge >= 0.3 is 11.9 Å². The van der Waals surface area contributed by atoms with Gasteiger partial charge in [-0.15, -0.1) is 0 Å². The molecular weight excluding hydrogens is 268 g/mol. The minimum atomic E-state index is -1.31. The van der Waals surface area contributed by atoms with Crippen LogP contribution in [0.3, 0.4) is 0 Å². The SMILES string of the molecule is CCOC(=O)C1(C(=O)OCC)CCC(C)c2ccccc21. The second kappa shape index (κ2) is 6.29. The van der Waals surface area contributed by atoms with Crippen molar-refractivity contribution in [3.63, 3.8) is 0 Å². The fraction of sp³-hybridized carbons (Fsp3) is 0.529. The molecule has 1 unspecified atom stereocenters. The van der Waals surface area contributed by atoms with Crippen molar-refractivity contribution >= 4 is 11.9 Å². The summed E-state index contributed by atoms with van der Waals surface area (Å²) in [5, 5.41) is 0. The highest BCUT2D eigenvalue weighted by molar-refractivity contribution is 6.07. The highest BCUT2D eigenvalue weighted by atomic mass is 16.6. The van der Waals surface area contributed by atoms with Crippen molar-refractivity contribution in [1.82, 2.24) is 0 Å². The van der Waals surface area contributed by atoms with Crippen LogP contribution < -0.4 is 0 Å². The maximum atomic E-state index is 12.6. The van der Waals surface area contributed by atoms with E-state index < -0.39 is 17.4 Å². The largest absolute Gasteiger partial charge is 0.465 e. The van der Waals surface area contributed by atoms with Crippen LogP contribution in [0, 0.1) is 0 Å². The van der Waals surface area contributed by atoms with E-state index in [-0.39, 0.29) is 13.2 Å². The van der Waals surface area contributed by atoms with Crippen LogP contribution in [0.4, 0.5) is 0 Å². The molecule has 4 nitrogen and oxygen atoms in total. The maximum Gasteiger partial charge on any atom is 0.328 e. The van der Waals surface area contributed by atoms with E-state index in [9.17, 15) is 9.59 Å². The molecule has 21 heavy (non-hydrogen) atoms. The lowest BCUT2D eigenvalue weighted by atomic mass is 9.67. The number of carbonyl (C=O) groups is 2. The van der Waals surface area contributed by atoms with Gasteiger partial charge in [0.15, 0.2) is 5.41 Å². The zero-order valence-corrected chi connectivity index (χ0v) is 12.8. The van der Waals surface area contributed by atoms with Gasteiger partial charge in [0.1, 0.15) is 0 Å². The van der Waals surface area contributed by atoms with Crippen molar-refractivity contribution in [1.29, 1.82) is 0 Å². The summed E-state index contributed by atoms with van der Waals surface area (Å²) in [6.07, 6.45) is 1.19. The molecular formula is C17H22O4. The second-order valence-electron chi connectivity index (χ2n) is 5.37. The third kappa shape index (κ3) is 2.55. The van der Waals surface area contributed by atoms with Gasteiger partial charge in [-0.25, -0.2) is 0 Å². The number of benzene rings is 1. The first kappa shape index (κ1) is 15.5. The van der Waals surface area contributed by atoms with E-state index in [1.807, 2.05) is 24.3 Å². The summed E-state index contributed by atoms with van der Waals surface area (Å²) in [5.41, 5.74) is 0.459. The molecule has 0 heterocycles. The van der Waals surface area contributed by atoms with E-state index in [0.29, 0.717) is 12.3 Å². The Labute approximate surface area is 125 Å². The standard InChI is InChI=1S/C17H22O4/c1-4-20-15(18)17(16(19)21-5-2)11-10-12(3)13-8-6-7-9-14(13)17/h6-9,12H,4-5,10-11H2,1-3H3. The summed E-state index contributed by atoms with van der Waals surface area (Å²) in [6, 6.07) is 7.61. The summed E-state index contributed by atoms with van der Waals surface area (Å²) < 4.78 is 10.4. The average Bonchev–Trinajstić information content (AvgIpc) is 2.48. The minimum absolute atomic E-state index is 0.248. The molecule has 1 aromatic rings. The van der Waals surface area contributed by atoms with Gasteiger partial charge in [0.2, 0.25) is 0 Å². The summed E-state index contributed by atoms with van der Waals surface area (Å²) in [7, 11) is 0. The van der Waals surface area contributed by atoms with Gasteiger partial charge in [-0.2, -0.15) is 0 Å². The Morgan fingerprint density at radius 1 is 1.14 bits per heavy atom. The van der Waals surface area contributed by atoms with Crippen molar-refractivity contribution in [2.24, 2.45) is 0 Å². The van der Waals surface area contributed by atoms with Crippen molar-refractivity contribution < 1.29 is 19.1 Å². The molecule has 0 amide bonds. The third-order valence-corrected chi connectivity index (χ3v) is 4.15. The van der Waals surface area contributed by atoms with Gasteiger partial charge in [0.25, 0.3) is 0 Å². The smallest absolute Gasteiger partial charge is 0.328 e. The fourth-order valence-electron chi connectivity index (χ4n) is 3.05. The lowest BCUT2D eigenvalue weighted by Gasteiger charge is -2.37. The zero-order valence-electron chi connectivity index (χ0n) is 12.8. The topological polar surface area (TPSA) is 52.6 Å². The minimum Gasteiger partial charge on any atom is -0.465 e. The first-order valence-corrected chi connectivity index (χ1v) is 7.51. The maximum absolute atomic E-state index is 12.6. The van der Waals surface area contributed by atoms with Gasteiger partial charge in [0.05, 0.1) is 13.2 Å². The molecule has 114 valence electrons. The number of hydrogen-bond acceptors (Lipinski definition) is 4. The molecule has 0 saturated carbocycles. The molecule has 4 heteroatoms. The van der Waals surface area contributed by atoms with E-state index in [4.69, 9.17) is 9.47 Å². The molecule has 1 aliphatic carbocycles. The van der Waals surface area contributed by atoms with Crippen LogP contribution in [0.15, 0.2) is 24.3 Å². The zero-order chi connectivity index (χ0) is 15.5. The summed E-state index contributed by atoms with van der Waals surface area (Å²) >= 11 is 0. The highest BCUT2D eigenvalue weighted by Gasteiger charge is 2.53. The van der Waals surface area contributed by atoms with Crippen LogP contribution in [0.2, 0.25) is 0 Å². The molecule has 0 bridgehead atoms. The molecule has 0 aromatic heterocycles. The average molecular weight is 290 g/mol. The Balaban J connectivity index is 2.58. The molecule has 0 aliphatic heterocycles. The highest BCUT2D eigenvalue weighted by Crippen LogP contribution is 2.44. The first-order chi connectivity index (χ1) is 10.1. The fourth-order valence-corrected chi connectivity index (χ4v) is 3.05. The molecule has 2 rings (SSSR count). The lowest BCUT2D eigenvalue weighted by Crippen LogP contribution is -2.48. The predicted molar refractivity (Wildman–Crippen MR) is 79.0 cm³/mol. The van der Waals surface area contributed by atoms with E-state index >= 15 is 0 Å². The Kier molecular flexibility index (Phi) is 4.66. The number of ether oxygens (including phenoxy) is 2. The van der Waals surface area contributed by atoms with Crippen LogP contribution in [-0.2, 0) is 24.5 Å². The molecule has 0 radical (unpaired) electrons. The summed E-state index contributed by atoms with van der Waals surface area (Å²) in [6.45, 7) is 6.09. The monoisotopic (exact) mass is 290 g/mol. The lowest BCUT2D eigenvalue weighted by molar-refractivity contribution is -0.165. The quantitative estimate of drug-likeness (QED) is 0.632. The van der Waals surface area contributed by atoms with Crippen molar-refractivity contribution in [3.8, 4) is 0 Å². The van der Waals surface area contributed by atoms with E-state index in [2.05, 4.69) is 6.92 Å². The van der Waals surface area contributed by atoms with E-state index in [1.54, 1.807) is 13.8 Å². The summed E-state index contributed by atoms with van der Waals surface area (Å²) in [5.74, 6) is -0.677. The molecule has 0 saturated heterocycles. The van der Waals surface area contributed by atoms with Crippen molar-refractivity contribution in [2.45, 2.75) is 44.9 Å². The normalized spacial score (nSPS) is 19.5. The number of carbonyl (C=O) groups excluding carboxylic acids is 2. The van der Waals surface area contributed by atoms with Crippen LogP contribution in [0.5, 0.6) is 0 Å². The molecule has 0 fully saturated rings. The third-order valence-electron chi connectivity index (χ3n) is 4.15. The van der Waals surface area contributed by atoms with Gasteiger partial charge in [-0.05, 0) is 43.7 Å². The van der Waals surface area contributed by atoms with Crippen molar-refractivity contribution in [2.75, 3.05) is 13.2 Å². The first-order valence-electron chi connectivity index (χ1n) is 7.51. The van der Waals surface area contributed by atoms with Gasteiger partial charge in [0, 0.05) is 0 Å². The molecule has 1 aliphatic rings. The Hall–Kier alpha value is -1.84. The van der Waals surface area contributed by atoms with Crippen LogP contribution in [0.25, 0.3) is 0 Å². The number of esters is 2. The number of rotatable bonds is 4. The Morgan fingerprint density at radius 2 is 1.71 bits per heavy atom. The number of hydrogen-bond donors (Lipinski definition) is 0. The van der Waals surface area contributed by atoms with Crippen LogP contribution in [0.1, 0.15) is 50.7 Å². The van der Waals surface area contributed by atoms with Gasteiger partial charge < -0.3 is 9.47 Å². The van der Waals surface area contributed by atoms with Gasteiger partial charge in [-0.1, -0.05) is 31.2 Å². The molecule has 1 aromatic carbocycles. The van der Waals surface area contributed by atoms with Gasteiger partial charge in [-0.3, -0.25) is 9.59 Å². The molecule has 0 N–H and O–H groups in total. The van der Waals surface area contributed by atoms with Crippen molar-refractivity contribution in [3.05, 3.63) is 35.4 Å². The van der Waals surface area contributed by atoms with Crippen LogP contribution >= 0.6 is 0 Å². The summed E-state index contributed by atoms with van der Waals surface area (Å²) in [4.78, 5) is 25.2. The predicted octanol–water partition coefficient (Wildman–Crippen LogP) is 2.95. The Morgan fingerprint density at radius 3 is 2.29 bits per heavy atom. The number of fused-ring (bicyclic) bond motifs is 1.